The second-order valence-electron chi connectivity index (χ2n) is 8.67. The van der Waals surface area contributed by atoms with Gasteiger partial charge in [0, 0.05) is 30.8 Å². The fourth-order valence-corrected chi connectivity index (χ4v) is 5.52. The minimum absolute atomic E-state index is 0.0867. The van der Waals surface area contributed by atoms with Gasteiger partial charge < -0.3 is 14.9 Å². The van der Waals surface area contributed by atoms with E-state index in [0.717, 1.165) is 18.7 Å². The molecule has 2 heterocycles. The summed E-state index contributed by atoms with van der Waals surface area (Å²) in [7, 11) is 0. The molecule has 0 saturated carbocycles. The maximum Gasteiger partial charge on any atom is 0.290 e. The third kappa shape index (κ3) is 5.16. The molecular formula is C27H28N4O5S. The Balaban J connectivity index is 1.78. The van der Waals surface area contributed by atoms with Crippen molar-refractivity contribution in [2.45, 2.75) is 26.8 Å². The number of aliphatic hydroxyl groups excluding tert-OH is 1. The van der Waals surface area contributed by atoms with Crippen LogP contribution in [0.5, 0.6) is 0 Å². The monoisotopic (exact) mass is 520 g/mol. The second-order valence-corrected chi connectivity index (χ2v) is 9.67. The molecule has 0 radical (unpaired) electrons. The molecule has 3 aromatic rings. The van der Waals surface area contributed by atoms with Gasteiger partial charge in [-0.05, 0) is 25.6 Å². The molecule has 0 fully saturated rings. The van der Waals surface area contributed by atoms with Crippen molar-refractivity contribution in [3.05, 3.63) is 92.2 Å². The van der Waals surface area contributed by atoms with Gasteiger partial charge in [0.2, 0.25) is 5.78 Å². The molecule has 1 unspecified atom stereocenters. The van der Waals surface area contributed by atoms with E-state index >= 15 is 0 Å². The predicted octanol–water partition coefficient (Wildman–Crippen LogP) is 4.95. The van der Waals surface area contributed by atoms with Gasteiger partial charge >= 0.3 is 0 Å². The van der Waals surface area contributed by atoms with E-state index in [9.17, 15) is 24.8 Å². The third-order valence-corrected chi connectivity index (χ3v) is 7.73. The van der Waals surface area contributed by atoms with Crippen LogP contribution < -0.4 is 0 Å². The summed E-state index contributed by atoms with van der Waals surface area (Å²) in [6.07, 6.45) is 0. The van der Waals surface area contributed by atoms with Gasteiger partial charge in [-0.3, -0.25) is 19.7 Å². The Bertz CT molecular complexity index is 1360. The van der Waals surface area contributed by atoms with Crippen LogP contribution in [0.1, 0.15) is 40.8 Å². The van der Waals surface area contributed by atoms with E-state index in [-0.39, 0.29) is 17.8 Å². The van der Waals surface area contributed by atoms with Crippen molar-refractivity contribution < 1.29 is 19.6 Å². The highest BCUT2D eigenvalue weighted by Gasteiger charge is 2.44. The van der Waals surface area contributed by atoms with E-state index in [1.54, 1.807) is 13.0 Å². The molecular weight excluding hydrogens is 492 g/mol. The number of ketones is 1. The van der Waals surface area contributed by atoms with Gasteiger partial charge in [-0.1, -0.05) is 56.3 Å². The fourth-order valence-electron chi connectivity index (χ4n) is 4.49. The van der Waals surface area contributed by atoms with Crippen LogP contribution in [0, 0.1) is 17.0 Å². The standard InChI is InChI=1S/C27H28N4O5S/c1-4-29(5-2)14-15-30-22(19-12-9-13-20(16-19)31(35)36)21(24(33)27(30)34)23(32)25-17(3)28-26(37-25)18-10-7-6-8-11-18/h6-13,16,22,33H,4-5,14-15H2,1-3H3. The van der Waals surface area contributed by atoms with E-state index in [1.165, 1.54) is 34.4 Å². The lowest BCUT2D eigenvalue weighted by atomic mass is 9.94. The molecule has 0 bridgehead atoms. The van der Waals surface area contributed by atoms with Gasteiger partial charge in [0.05, 0.1) is 27.1 Å². The molecule has 2 aromatic carbocycles. The van der Waals surface area contributed by atoms with E-state index < -0.39 is 28.4 Å². The Morgan fingerprint density at radius 1 is 1.16 bits per heavy atom. The summed E-state index contributed by atoms with van der Waals surface area (Å²) in [5.74, 6) is -1.81. The second kappa shape index (κ2) is 11.0. The normalized spacial score (nSPS) is 15.6. The highest BCUT2D eigenvalue weighted by Crippen LogP contribution is 2.41. The Kier molecular flexibility index (Phi) is 7.80. The Hall–Kier alpha value is -3.89. The molecule has 1 aliphatic heterocycles. The van der Waals surface area contributed by atoms with Gasteiger partial charge in [0.25, 0.3) is 11.6 Å². The summed E-state index contributed by atoms with van der Waals surface area (Å²) < 4.78 is 0. The highest BCUT2D eigenvalue weighted by atomic mass is 32.1. The number of benzene rings is 2. The summed E-state index contributed by atoms with van der Waals surface area (Å²) in [5, 5.41) is 23.1. The zero-order valence-electron chi connectivity index (χ0n) is 20.9. The SMILES string of the molecule is CCN(CC)CCN1C(=O)C(O)=C(C(=O)c2sc(-c3ccccc3)nc2C)C1c1cccc([N+](=O)[O-])c1. The van der Waals surface area contributed by atoms with Crippen molar-refractivity contribution >= 4 is 28.7 Å². The van der Waals surface area contributed by atoms with Crippen molar-refractivity contribution in [2.24, 2.45) is 0 Å². The maximum atomic E-state index is 13.9. The number of aryl methyl sites for hydroxylation is 1. The summed E-state index contributed by atoms with van der Waals surface area (Å²) >= 11 is 1.19. The van der Waals surface area contributed by atoms with Crippen molar-refractivity contribution in [3.8, 4) is 10.6 Å². The van der Waals surface area contributed by atoms with E-state index in [1.807, 2.05) is 44.2 Å². The number of carbonyl (C=O) groups is 2. The van der Waals surface area contributed by atoms with E-state index in [2.05, 4.69) is 9.88 Å². The number of Topliss-reactive ketones (excluding diaryl/α,β-unsaturated/α-hetero) is 1. The van der Waals surface area contributed by atoms with Crippen LogP contribution in [0.3, 0.4) is 0 Å². The molecule has 1 aromatic heterocycles. The highest BCUT2D eigenvalue weighted by molar-refractivity contribution is 7.17. The first-order valence-electron chi connectivity index (χ1n) is 12.0. The van der Waals surface area contributed by atoms with Crippen LogP contribution in [0.15, 0.2) is 65.9 Å². The lowest BCUT2D eigenvalue weighted by Gasteiger charge is -2.29. The lowest BCUT2D eigenvalue weighted by Crippen LogP contribution is -2.38. The minimum atomic E-state index is -0.961. The maximum absolute atomic E-state index is 13.9. The van der Waals surface area contributed by atoms with Gasteiger partial charge in [0.1, 0.15) is 5.01 Å². The third-order valence-electron chi connectivity index (χ3n) is 6.52. The smallest absolute Gasteiger partial charge is 0.290 e. The molecule has 0 aliphatic carbocycles. The molecule has 1 aliphatic rings. The summed E-state index contributed by atoms with van der Waals surface area (Å²) in [4.78, 5) is 46.5. The molecule has 192 valence electrons. The van der Waals surface area contributed by atoms with Gasteiger partial charge in [-0.15, -0.1) is 11.3 Å². The first-order valence-corrected chi connectivity index (χ1v) is 12.9. The number of hydrogen-bond donors (Lipinski definition) is 1. The zero-order valence-corrected chi connectivity index (χ0v) is 21.7. The molecule has 9 nitrogen and oxygen atoms in total. The molecule has 37 heavy (non-hydrogen) atoms. The lowest BCUT2D eigenvalue weighted by molar-refractivity contribution is -0.384. The molecule has 1 N–H and O–H groups in total. The number of aromatic nitrogens is 1. The first kappa shape index (κ1) is 26.2. The summed E-state index contributed by atoms with van der Waals surface area (Å²) in [6.45, 7) is 8.04. The number of aliphatic hydroxyl groups is 1. The fraction of sp³-hybridized carbons (Fsp3) is 0.296. The number of amides is 1. The van der Waals surface area contributed by atoms with Crippen LogP contribution >= 0.6 is 11.3 Å². The van der Waals surface area contributed by atoms with Crippen LogP contribution in [0.25, 0.3) is 10.6 Å². The number of non-ortho nitro benzene ring substituents is 1. The predicted molar refractivity (Wildman–Crippen MR) is 142 cm³/mol. The van der Waals surface area contributed by atoms with Crippen LogP contribution in [-0.4, -0.2) is 62.7 Å². The zero-order chi connectivity index (χ0) is 26.7. The first-order chi connectivity index (χ1) is 17.8. The molecule has 10 heteroatoms. The molecule has 0 spiro atoms. The number of nitro groups is 1. The van der Waals surface area contributed by atoms with E-state index in [0.29, 0.717) is 27.7 Å². The van der Waals surface area contributed by atoms with Crippen molar-refractivity contribution in [2.75, 3.05) is 26.2 Å². The largest absolute Gasteiger partial charge is 0.503 e. The quantitative estimate of drug-likeness (QED) is 0.228. The Morgan fingerprint density at radius 3 is 2.51 bits per heavy atom. The average Bonchev–Trinajstić information content (AvgIpc) is 3.42. The number of nitrogens with zero attached hydrogens (tertiary/aromatic N) is 4. The number of nitro benzene ring substituents is 1. The van der Waals surface area contributed by atoms with Crippen LogP contribution in [0.4, 0.5) is 5.69 Å². The van der Waals surface area contributed by atoms with Crippen molar-refractivity contribution in [3.63, 3.8) is 0 Å². The van der Waals surface area contributed by atoms with Gasteiger partial charge in [-0.2, -0.15) is 0 Å². The number of carbonyl (C=O) groups excluding carboxylic acids is 2. The Morgan fingerprint density at radius 2 is 1.86 bits per heavy atom. The van der Waals surface area contributed by atoms with Crippen LogP contribution in [0.2, 0.25) is 0 Å². The molecule has 1 atom stereocenters. The van der Waals surface area contributed by atoms with Crippen molar-refractivity contribution in [1.29, 1.82) is 0 Å². The Labute approximate surface area is 218 Å². The molecule has 0 saturated heterocycles. The van der Waals surface area contributed by atoms with Crippen LogP contribution in [-0.2, 0) is 4.79 Å². The summed E-state index contributed by atoms with van der Waals surface area (Å²) in [5.41, 5.74) is 1.48. The average molecular weight is 521 g/mol. The minimum Gasteiger partial charge on any atom is -0.503 e. The van der Waals surface area contributed by atoms with Crippen molar-refractivity contribution in [1.82, 2.24) is 14.8 Å². The number of likely N-dealkylation sites (N-methyl/N-ethyl adjacent to an activating group) is 1. The number of hydrogen-bond acceptors (Lipinski definition) is 8. The van der Waals surface area contributed by atoms with Gasteiger partial charge in [0.15, 0.2) is 5.76 Å². The van der Waals surface area contributed by atoms with Gasteiger partial charge in [-0.25, -0.2) is 4.98 Å². The van der Waals surface area contributed by atoms with E-state index in [4.69, 9.17) is 0 Å². The topological polar surface area (TPSA) is 117 Å². The molecule has 1 amide bonds. The number of rotatable bonds is 10. The summed E-state index contributed by atoms with van der Waals surface area (Å²) in [6, 6.07) is 14.3. The molecule has 4 rings (SSSR count). The number of thiazole rings is 1.